The summed E-state index contributed by atoms with van der Waals surface area (Å²) in [6, 6.07) is 25.7. The topological polar surface area (TPSA) is 64.0 Å². The van der Waals surface area contributed by atoms with Crippen molar-refractivity contribution in [3.05, 3.63) is 90.0 Å². The Morgan fingerprint density at radius 3 is 2.39 bits per heavy atom. The molecule has 0 saturated heterocycles. The molecule has 1 amide bonds. The Balaban J connectivity index is 1.48. The summed E-state index contributed by atoms with van der Waals surface area (Å²) in [6.07, 6.45) is 0.740. The van der Waals surface area contributed by atoms with Gasteiger partial charge in [0.15, 0.2) is 10.9 Å². The molecule has 1 N–H and O–H groups in total. The number of carbonyl (C=O) groups is 2. The lowest BCUT2D eigenvalue weighted by Gasteiger charge is -2.09. The zero-order valence-corrected chi connectivity index (χ0v) is 18.1. The maximum absolute atomic E-state index is 12.8. The molecule has 0 bridgehead atoms. The van der Waals surface area contributed by atoms with Crippen molar-refractivity contribution in [3.8, 4) is 5.69 Å². The molecule has 0 fully saturated rings. The average molecular weight is 430 g/mol. The molecule has 4 aromatic rings. The largest absolute Gasteiger partial charge is 0.356 e. The van der Waals surface area contributed by atoms with Gasteiger partial charge in [-0.25, -0.2) is 4.98 Å². The first kappa shape index (κ1) is 20.9. The molecular formula is C25H23N3O2S. The number of benzene rings is 3. The Bertz CT molecular complexity index is 1200. The number of amides is 1. The quantitative estimate of drug-likeness (QED) is 0.326. The van der Waals surface area contributed by atoms with Crippen LogP contribution >= 0.6 is 11.8 Å². The van der Waals surface area contributed by atoms with Crippen molar-refractivity contribution in [2.24, 2.45) is 0 Å². The summed E-state index contributed by atoms with van der Waals surface area (Å²) in [5.41, 5.74) is 4.72. The summed E-state index contributed by atoms with van der Waals surface area (Å²) >= 11 is 1.45. The van der Waals surface area contributed by atoms with Gasteiger partial charge in [0.25, 0.3) is 0 Å². The zero-order valence-electron chi connectivity index (χ0n) is 17.2. The van der Waals surface area contributed by atoms with Crippen molar-refractivity contribution in [2.75, 3.05) is 12.3 Å². The van der Waals surface area contributed by atoms with E-state index >= 15 is 0 Å². The molecule has 0 aliphatic heterocycles. The minimum atomic E-state index is -0.0367. The summed E-state index contributed by atoms with van der Waals surface area (Å²) in [7, 11) is 0. The van der Waals surface area contributed by atoms with E-state index in [4.69, 9.17) is 4.98 Å². The van der Waals surface area contributed by atoms with Crippen LogP contribution in [-0.2, 0) is 11.2 Å². The van der Waals surface area contributed by atoms with Crippen LogP contribution in [0.4, 0.5) is 0 Å². The van der Waals surface area contributed by atoms with Crippen LogP contribution in [0.3, 0.4) is 0 Å². The summed E-state index contributed by atoms with van der Waals surface area (Å²) in [5.74, 6) is 0.330. The highest BCUT2D eigenvalue weighted by molar-refractivity contribution is 7.99. The number of Topliss-reactive ketones (excluding diaryl/α,β-unsaturated/α-hetero) is 1. The number of imidazole rings is 1. The highest BCUT2D eigenvalue weighted by Crippen LogP contribution is 2.28. The summed E-state index contributed by atoms with van der Waals surface area (Å²) in [4.78, 5) is 28.5. The number of nitrogens with zero attached hydrogens (tertiary/aromatic N) is 2. The predicted molar refractivity (Wildman–Crippen MR) is 125 cm³/mol. The van der Waals surface area contributed by atoms with Gasteiger partial charge in [0.05, 0.1) is 16.8 Å². The normalized spacial score (nSPS) is 10.9. The molecule has 0 aliphatic carbocycles. The van der Waals surface area contributed by atoms with E-state index in [1.165, 1.54) is 18.7 Å². The number of carbonyl (C=O) groups excluding carboxylic acids is 2. The van der Waals surface area contributed by atoms with Gasteiger partial charge in [0.1, 0.15) is 0 Å². The molecule has 3 aromatic carbocycles. The third-order valence-corrected chi connectivity index (χ3v) is 5.88. The molecule has 1 aromatic heterocycles. The van der Waals surface area contributed by atoms with Crippen LogP contribution in [0.15, 0.2) is 84.0 Å². The van der Waals surface area contributed by atoms with Crippen LogP contribution in [0.5, 0.6) is 0 Å². The van der Waals surface area contributed by atoms with Crippen LogP contribution in [-0.4, -0.2) is 33.5 Å². The number of thioether (sulfide) groups is 1. The van der Waals surface area contributed by atoms with Crippen LogP contribution in [0.2, 0.25) is 0 Å². The lowest BCUT2D eigenvalue weighted by atomic mass is 10.1. The maximum atomic E-state index is 12.8. The molecule has 0 unspecified atom stereocenters. The fraction of sp³-hybridized carbons (Fsp3) is 0.160. The lowest BCUT2D eigenvalue weighted by Crippen LogP contribution is -2.22. The second-order valence-corrected chi connectivity index (χ2v) is 8.14. The minimum absolute atomic E-state index is 0.0367. The molecule has 0 saturated carbocycles. The van der Waals surface area contributed by atoms with Crippen molar-refractivity contribution >= 4 is 34.5 Å². The predicted octanol–water partition coefficient (Wildman–Crippen LogP) is 4.68. The lowest BCUT2D eigenvalue weighted by molar-refractivity contribution is -0.118. The van der Waals surface area contributed by atoms with E-state index < -0.39 is 0 Å². The highest BCUT2D eigenvalue weighted by atomic mass is 32.2. The highest BCUT2D eigenvalue weighted by Gasteiger charge is 2.15. The summed E-state index contributed by atoms with van der Waals surface area (Å²) in [6.45, 7) is 2.10. The van der Waals surface area contributed by atoms with Gasteiger partial charge in [-0.1, -0.05) is 66.4 Å². The van der Waals surface area contributed by atoms with E-state index in [1.54, 1.807) is 0 Å². The molecule has 0 spiro atoms. The standard InChI is InChI=1S/C25H23N3O2S/c1-18(29)26-16-15-19-11-13-20(14-12-19)24(30)17-31-25-27-22-9-5-6-10-23(22)28(25)21-7-3-2-4-8-21/h2-14H,15-17H2,1H3,(H,26,29). The number of hydrogen-bond acceptors (Lipinski definition) is 4. The molecule has 5 nitrogen and oxygen atoms in total. The number of aromatic nitrogens is 2. The molecule has 4 rings (SSSR count). The van der Waals surface area contributed by atoms with E-state index in [0.717, 1.165) is 33.9 Å². The molecule has 0 radical (unpaired) electrons. The summed E-state index contributed by atoms with van der Waals surface area (Å²) < 4.78 is 2.10. The molecule has 0 atom stereocenters. The van der Waals surface area contributed by atoms with Crippen molar-refractivity contribution in [1.29, 1.82) is 0 Å². The van der Waals surface area contributed by atoms with Gasteiger partial charge in [-0.15, -0.1) is 0 Å². The first-order valence-corrected chi connectivity index (χ1v) is 11.1. The minimum Gasteiger partial charge on any atom is -0.356 e. The monoisotopic (exact) mass is 429 g/mol. The van der Waals surface area contributed by atoms with Crippen molar-refractivity contribution in [1.82, 2.24) is 14.9 Å². The van der Waals surface area contributed by atoms with E-state index in [-0.39, 0.29) is 11.7 Å². The van der Waals surface area contributed by atoms with Crippen LogP contribution < -0.4 is 5.32 Å². The number of ketones is 1. The maximum Gasteiger partial charge on any atom is 0.216 e. The number of nitrogens with one attached hydrogen (secondary N) is 1. The van der Waals surface area contributed by atoms with Gasteiger partial charge < -0.3 is 5.32 Å². The fourth-order valence-corrected chi connectivity index (χ4v) is 4.30. The smallest absolute Gasteiger partial charge is 0.216 e. The number of fused-ring (bicyclic) bond motifs is 1. The molecule has 31 heavy (non-hydrogen) atoms. The van der Waals surface area contributed by atoms with Gasteiger partial charge in [0.2, 0.25) is 5.91 Å². The SMILES string of the molecule is CC(=O)NCCc1ccc(C(=O)CSc2nc3ccccc3n2-c2ccccc2)cc1. The molecule has 0 aliphatic rings. The Labute approximate surface area is 185 Å². The molecular weight excluding hydrogens is 406 g/mol. The van der Waals surface area contributed by atoms with Crippen LogP contribution in [0.25, 0.3) is 16.7 Å². The van der Waals surface area contributed by atoms with E-state index in [1.807, 2.05) is 78.9 Å². The first-order valence-electron chi connectivity index (χ1n) is 10.1. The van der Waals surface area contributed by atoms with E-state index in [2.05, 4.69) is 9.88 Å². The second kappa shape index (κ2) is 9.62. The Morgan fingerprint density at radius 1 is 0.935 bits per heavy atom. The van der Waals surface area contributed by atoms with E-state index in [0.29, 0.717) is 17.9 Å². The van der Waals surface area contributed by atoms with Gasteiger partial charge in [-0.3, -0.25) is 14.2 Å². The van der Waals surface area contributed by atoms with Gasteiger partial charge in [0, 0.05) is 24.7 Å². The Hall–Kier alpha value is -3.38. The first-order chi connectivity index (χ1) is 15.1. The van der Waals surface area contributed by atoms with Crippen molar-refractivity contribution < 1.29 is 9.59 Å². The van der Waals surface area contributed by atoms with Crippen LogP contribution in [0, 0.1) is 0 Å². The average Bonchev–Trinajstić information content (AvgIpc) is 3.16. The second-order valence-electron chi connectivity index (χ2n) is 7.20. The van der Waals surface area contributed by atoms with Crippen molar-refractivity contribution in [3.63, 3.8) is 0 Å². The summed E-state index contributed by atoms with van der Waals surface area (Å²) in [5, 5.41) is 3.58. The third kappa shape index (κ3) is 5.03. The number of hydrogen-bond donors (Lipinski definition) is 1. The Kier molecular flexibility index (Phi) is 6.48. The van der Waals surface area contributed by atoms with Gasteiger partial charge in [-0.2, -0.15) is 0 Å². The number of rotatable bonds is 8. The van der Waals surface area contributed by atoms with Crippen LogP contribution in [0.1, 0.15) is 22.8 Å². The fourth-order valence-electron chi connectivity index (χ4n) is 3.38. The van der Waals surface area contributed by atoms with Crippen molar-refractivity contribution in [2.45, 2.75) is 18.5 Å². The zero-order chi connectivity index (χ0) is 21.6. The third-order valence-electron chi connectivity index (χ3n) is 4.94. The van der Waals surface area contributed by atoms with Gasteiger partial charge >= 0.3 is 0 Å². The number of para-hydroxylation sites is 3. The molecule has 1 heterocycles. The molecule has 156 valence electrons. The molecule has 6 heteroatoms. The Morgan fingerprint density at radius 2 is 1.65 bits per heavy atom. The van der Waals surface area contributed by atoms with Gasteiger partial charge in [-0.05, 0) is 36.2 Å². The van der Waals surface area contributed by atoms with E-state index in [9.17, 15) is 9.59 Å².